The standard InChI is InChI=1S/C10H5N3O3/c14-9-7-8(11-13-12-9)5-3-1-2-4-6(5)16-10(7)15/h1-4H,(H,11,12,14). The van der Waals surface area contributed by atoms with Gasteiger partial charge in [0.15, 0.2) is 5.39 Å². The third-order valence-electron chi connectivity index (χ3n) is 2.31. The number of rotatable bonds is 0. The number of aromatic nitrogens is 3. The molecule has 6 heteroatoms. The van der Waals surface area contributed by atoms with Gasteiger partial charge in [0.2, 0.25) is 0 Å². The molecule has 0 spiro atoms. The van der Waals surface area contributed by atoms with Crippen molar-refractivity contribution in [1.29, 1.82) is 0 Å². The SMILES string of the molecule is O=c1[nH]nnc2c1c(=O)oc1ccccc12. The lowest BCUT2D eigenvalue weighted by Crippen LogP contribution is -2.17. The number of fused-ring (bicyclic) bond motifs is 3. The summed E-state index contributed by atoms with van der Waals surface area (Å²) in [4.78, 5) is 23.0. The maximum atomic E-state index is 11.6. The normalized spacial score (nSPS) is 11.0. The van der Waals surface area contributed by atoms with Crippen LogP contribution in [0.1, 0.15) is 0 Å². The molecular weight excluding hydrogens is 210 g/mol. The second kappa shape index (κ2) is 2.99. The Bertz CT molecular complexity index is 803. The molecule has 3 rings (SSSR count). The molecule has 1 N–H and O–H groups in total. The molecule has 0 aliphatic heterocycles. The van der Waals surface area contributed by atoms with Gasteiger partial charge in [-0.3, -0.25) is 4.79 Å². The second-order valence-electron chi connectivity index (χ2n) is 3.25. The minimum Gasteiger partial charge on any atom is -0.422 e. The van der Waals surface area contributed by atoms with Crippen LogP contribution in [0.25, 0.3) is 21.9 Å². The molecule has 0 fully saturated rings. The van der Waals surface area contributed by atoms with Crippen molar-refractivity contribution < 1.29 is 4.42 Å². The molecule has 2 aromatic heterocycles. The molecule has 0 bridgehead atoms. The fourth-order valence-corrected chi connectivity index (χ4v) is 1.61. The van der Waals surface area contributed by atoms with Crippen molar-refractivity contribution in [3.05, 3.63) is 45.0 Å². The van der Waals surface area contributed by atoms with E-state index in [0.29, 0.717) is 11.0 Å². The van der Waals surface area contributed by atoms with Crippen LogP contribution in [-0.2, 0) is 0 Å². The average Bonchev–Trinajstić information content (AvgIpc) is 2.29. The Morgan fingerprint density at radius 2 is 2.00 bits per heavy atom. The first kappa shape index (κ1) is 8.78. The van der Waals surface area contributed by atoms with E-state index in [4.69, 9.17) is 4.42 Å². The Balaban J connectivity index is 2.77. The van der Waals surface area contributed by atoms with Gasteiger partial charge >= 0.3 is 5.63 Å². The topological polar surface area (TPSA) is 88.9 Å². The summed E-state index contributed by atoms with van der Waals surface area (Å²) in [5.74, 6) is 0. The van der Waals surface area contributed by atoms with Crippen molar-refractivity contribution in [2.45, 2.75) is 0 Å². The zero-order valence-electron chi connectivity index (χ0n) is 7.93. The molecular formula is C10H5N3O3. The van der Waals surface area contributed by atoms with Crippen LogP contribution < -0.4 is 11.2 Å². The van der Waals surface area contributed by atoms with Crippen molar-refractivity contribution in [3.8, 4) is 0 Å². The number of aromatic amines is 1. The summed E-state index contributed by atoms with van der Waals surface area (Å²) in [6.45, 7) is 0. The van der Waals surface area contributed by atoms with Crippen molar-refractivity contribution in [1.82, 2.24) is 15.4 Å². The van der Waals surface area contributed by atoms with Crippen molar-refractivity contribution >= 4 is 21.9 Å². The van der Waals surface area contributed by atoms with Crippen molar-refractivity contribution in [3.63, 3.8) is 0 Å². The molecule has 0 aliphatic carbocycles. The number of nitrogens with zero attached hydrogens (tertiary/aromatic N) is 2. The van der Waals surface area contributed by atoms with E-state index in [0.717, 1.165) is 0 Å². The first-order valence-corrected chi connectivity index (χ1v) is 4.54. The van der Waals surface area contributed by atoms with Crippen LogP contribution in [-0.4, -0.2) is 15.4 Å². The number of nitrogens with one attached hydrogen (secondary N) is 1. The summed E-state index contributed by atoms with van der Waals surface area (Å²) in [5.41, 5.74) is -0.648. The molecule has 0 saturated carbocycles. The number of H-pyrrole nitrogens is 1. The molecule has 1 aromatic carbocycles. The molecule has 0 unspecified atom stereocenters. The Kier molecular flexibility index (Phi) is 1.64. The van der Waals surface area contributed by atoms with Crippen LogP contribution in [0.4, 0.5) is 0 Å². The van der Waals surface area contributed by atoms with Gasteiger partial charge in [-0.05, 0) is 12.1 Å². The predicted molar refractivity (Wildman–Crippen MR) is 56.2 cm³/mol. The lowest BCUT2D eigenvalue weighted by Gasteiger charge is -1.98. The van der Waals surface area contributed by atoms with Gasteiger partial charge in [0.1, 0.15) is 11.1 Å². The van der Waals surface area contributed by atoms with E-state index in [1.165, 1.54) is 0 Å². The first-order valence-electron chi connectivity index (χ1n) is 4.54. The highest BCUT2D eigenvalue weighted by Crippen LogP contribution is 2.17. The Hall–Kier alpha value is -2.50. The molecule has 0 aliphatic rings. The van der Waals surface area contributed by atoms with E-state index in [2.05, 4.69) is 15.4 Å². The fourth-order valence-electron chi connectivity index (χ4n) is 1.61. The maximum absolute atomic E-state index is 11.6. The van der Waals surface area contributed by atoms with Gasteiger partial charge in [0, 0.05) is 5.39 Å². The minimum absolute atomic E-state index is 0.103. The number of hydrogen-bond donors (Lipinski definition) is 1. The largest absolute Gasteiger partial charge is 0.422 e. The highest BCUT2D eigenvalue weighted by Gasteiger charge is 2.11. The smallest absolute Gasteiger partial charge is 0.351 e. The zero-order valence-corrected chi connectivity index (χ0v) is 7.93. The molecule has 0 saturated heterocycles. The van der Waals surface area contributed by atoms with Gasteiger partial charge in [0.25, 0.3) is 5.56 Å². The fraction of sp³-hybridized carbons (Fsp3) is 0. The monoisotopic (exact) mass is 215 g/mol. The summed E-state index contributed by atoms with van der Waals surface area (Å²) in [6.07, 6.45) is 0. The third-order valence-corrected chi connectivity index (χ3v) is 2.31. The van der Waals surface area contributed by atoms with E-state index in [1.54, 1.807) is 24.3 Å². The van der Waals surface area contributed by atoms with Crippen molar-refractivity contribution in [2.75, 3.05) is 0 Å². The van der Waals surface area contributed by atoms with Gasteiger partial charge < -0.3 is 4.42 Å². The van der Waals surface area contributed by atoms with Crippen LogP contribution in [0.15, 0.2) is 38.3 Å². The lowest BCUT2D eigenvalue weighted by molar-refractivity contribution is 0.567. The van der Waals surface area contributed by atoms with Gasteiger partial charge in [-0.25, -0.2) is 9.89 Å². The van der Waals surface area contributed by atoms with E-state index in [-0.39, 0.29) is 10.9 Å². The molecule has 0 atom stereocenters. The predicted octanol–water partition coefficient (Wildman–Crippen LogP) is 0.424. The maximum Gasteiger partial charge on any atom is 0.351 e. The van der Waals surface area contributed by atoms with Crippen LogP contribution >= 0.6 is 0 Å². The van der Waals surface area contributed by atoms with Crippen LogP contribution in [0, 0.1) is 0 Å². The summed E-state index contributed by atoms with van der Waals surface area (Å²) in [7, 11) is 0. The summed E-state index contributed by atoms with van der Waals surface area (Å²) >= 11 is 0. The molecule has 16 heavy (non-hydrogen) atoms. The Morgan fingerprint density at radius 3 is 2.88 bits per heavy atom. The van der Waals surface area contributed by atoms with Crippen LogP contribution in [0.3, 0.4) is 0 Å². The number of benzene rings is 1. The quantitative estimate of drug-likeness (QED) is 0.433. The molecule has 78 valence electrons. The van der Waals surface area contributed by atoms with Crippen LogP contribution in [0.5, 0.6) is 0 Å². The molecule has 3 aromatic rings. The Labute approximate surface area is 87.5 Å². The van der Waals surface area contributed by atoms with Gasteiger partial charge in [-0.2, -0.15) is 0 Å². The van der Waals surface area contributed by atoms with E-state index >= 15 is 0 Å². The highest BCUT2D eigenvalue weighted by molar-refractivity contribution is 6.00. The number of hydrogen-bond acceptors (Lipinski definition) is 5. The van der Waals surface area contributed by atoms with Crippen molar-refractivity contribution in [2.24, 2.45) is 0 Å². The Morgan fingerprint density at radius 1 is 1.19 bits per heavy atom. The molecule has 6 nitrogen and oxygen atoms in total. The number of para-hydroxylation sites is 1. The molecule has 0 amide bonds. The second-order valence-corrected chi connectivity index (χ2v) is 3.25. The van der Waals surface area contributed by atoms with Crippen LogP contribution in [0.2, 0.25) is 0 Å². The van der Waals surface area contributed by atoms with E-state index < -0.39 is 11.2 Å². The van der Waals surface area contributed by atoms with E-state index in [9.17, 15) is 9.59 Å². The van der Waals surface area contributed by atoms with Gasteiger partial charge in [0.05, 0.1) is 0 Å². The third kappa shape index (κ3) is 1.07. The highest BCUT2D eigenvalue weighted by atomic mass is 16.4. The minimum atomic E-state index is -0.704. The molecule has 2 heterocycles. The lowest BCUT2D eigenvalue weighted by atomic mass is 10.2. The van der Waals surface area contributed by atoms with Gasteiger partial charge in [-0.1, -0.05) is 17.3 Å². The zero-order chi connectivity index (χ0) is 11.1. The summed E-state index contributed by atoms with van der Waals surface area (Å²) < 4.78 is 5.01. The summed E-state index contributed by atoms with van der Waals surface area (Å²) in [5, 5.41) is 9.79. The molecule has 0 radical (unpaired) electrons. The van der Waals surface area contributed by atoms with Gasteiger partial charge in [-0.15, -0.1) is 5.10 Å². The average molecular weight is 215 g/mol. The first-order chi connectivity index (χ1) is 7.77. The van der Waals surface area contributed by atoms with E-state index in [1.807, 2.05) is 0 Å². The summed E-state index contributed by atoms with van der Waals surface area (Å²) in [6, 6.07) is 6.86.